The highest BCUT2D eigenvalue weighted by Gasteiger charge is 2.38. The maximum absolute atomic E-state index is 13.2. The van der Waals surface area contributed by atoms with Gasteiger partial charge in [-0.15, -0.1) is 0 Å². The molecule has 27 heavy (non-hydrogen) atoms. The van der Waals surface area contributed by atoms with E-state index in [9.17, 15) is 13.5 Å². The van der Waals surface area contributed by atoms with Crippen molar-refractivity contribution in [3.8, 4) is 5.75 Å². The molecule has 6 heteroatoms. The lowest BCUT2D eigenvalue weighted by molar-refractivity contribution is 0.358. The van der Waals surface area contributed by atoms with Crippen LogP contribution in [0.3, 0.4) is 0 Å². The number of para-hydroxylation sites is 1. The molecule has 136 valence electrons. The lowest BCUT2D eigenvalue weighted by atomic mass is 9.98. The van der Waals surface area contributed by atoms with E-state index in [1.807, 2.05) is 30.3 Å². The van der Waals surface area contributed by atoms with Crippen molar-refractivity contribution in [2.24, 2.45) is 5.10 Å². The molecule has 0 fully saturated rings. The molecule has 1 atom stereocenters. The van der Waals surface area contributed by atoms with Crippen molar-refractivity contribution in [2.75, 3.05) is 0 Å². The second-order valence-corrected chi connectivity index (χ2v) is 8.08. The van der Waals surface area contributed by atoms with Crippen molar-refractivity contribution >= 4 is 15.7 Å². The van der Waals surface area contributed by atoms with Crippen LogP contribution >= 0.6 is 0 Å². The van der Waals surface area contributed by atoms with Crippen molar-refractivity contribution in [2.45, 2.75) is 17.4 Å². The van der Waals surface area contributed by atoms with E-state index < -0.39 is 16.1 Å². The third-order valence-electron chi connectivity index (χ3n) is 4.56. The van der Waals surface area contributed by atoms with Crippen LogP contribution in [0, 0.1) is 0 Å². The first-order chi connectivity index (χ1) is 13.1. The van der Waals surface area contributed by atoms with Crippen molar-refractivity contribution < 1.29 is 13.5 Å². The number of hydrogen-bond donors (Lipinski definition) is 1. The summed E-state index contributed by atoms with van der Waals surface area (Å²) in [6.45, 7) is 0. The molecule has 0 radical (unpaired) electrons. The van der Waals surface area contributed by atoms with Gasteiger partial charge in [0.15, 0.2) is 0 Å². The summed E-state index contributed by atoms with van der Waals surface area (Å²) < 4.78 is 27.6. The van der Waals surface area contributed by atoms with Crippen molar-refractivity contribution in [3.05, 3.63) is 96.1 Å². The Hall–Kier alpha value is -3.12. The van der Waals surface area contributed by atoms with E-state index in [4.69, 9.17) is 0 Å². The molecule has 0 aromatic heterocycles. The highest BCUT2D eigenvalue weighted by molar-refractivity contribution is 7.89. The van der Waals surface area contributed by atoms with Gasteiger partial charge in [0.05, 0.1) is 16.6 Å². The molecule has 0 aliphatic carbocycles. The number of nitrogens with zero attached hydrogens (tertiary/aromatic N) is 2. The fourth-order valence-corrected chi connectivity index (χ4v) is 4.66. The van der Waals surface area contributed by atoms with Gasteiger partial charge in [0.25, 0.3) is 10.0 Å². The van der Waals surface area contributed by atoms with E-state index in [2.05, 4.69) is 5.10 Å². The van der Waals surface area contributed by atoms with Gasteiger partial charge in [0.2, 0.25) is 0 Å². The van der Waals surface area contributed by atoms with Gasteiger partial charge >= 0.3 is 0 Å². The predicted octanol–water partition coefficient (Wildman–Crippen LogP) is 3.93. The van der Waals surface area contributed by atoms with Crippen LogP contribution in [0.4, 0.5) is 0 Å². The topological polar surface area (TPSA) is 70.0 Å². The van der Waals surface area contributed by atoms with Crippen LogP contribution in [0.15, 0.2) is 94.9 Å². The second kappa shape index (κ2) is 6.89. The third-order valence-corrected chi connectivity index (χ3v) is 6.26. The largest absolute Gasteiger partial charge is 0.508 e. The van der Waals surface area contributed by atoms with E-state index in [1.165, 1.54) is 0 Å². The van der Waals surface area contributed by atoms with Gasteiger partial charge in [0, 0.05) is 12.0 Å². The number of hydrogen-bond acceptors (Lipinski definition) is 4. The summed E-state index contributed by atoms with van der Waals surface area (Å²) in [4.78, 5) is 0.170. The molecule has 0 amide bonds. The van der Waals surface area contributed by atoms with E-state index in [0.717, 1.165) is 9.98 Å². The standard InChI is InChI=1S/C21H18N2O3S/c24-21-14-8-7-13-18(21)20-15-19(16-9-3-1-4-10-16)22-23(20)27(25,26)17-11-5-2-6-12-17/h1-14,20,24H,15H2/t20-/m0/s1. The van der Waals surface area contributed by atoms with Gasteiger partial charge in [-0.1, -0.05) is 66.7 Å². The molecule has 0 bridgehead atoms. The number of hydrazone groups is 1. The molecular weight excluding hydrogens is 360 g/mol. The number of phenols is 1. The number of aromatic hydroxyl groups is 1. The Kier molecular flexibility index (Phi) is 4.41. The predicted molar refractivity (Wildman–Crippen MR) is 104 cm³/mol. The monoisotopic (exact) mass is 378 g/mol. The van der Waals surface area contributed by atoms with Gasteiger partial charge in [-0.2, -0.15) is 17.9 Å². The zero-order valence-corrected chi connectivity index (χ0v) is 15.3. The molecule has 0 saturated carbocycles. The summed E-state index contributed by atoms with van der Waals surface area (Å²) in [7, 11) is -3.86. The van der Waals surface area contributed by atoms with Crippen molar-refractivity contribution in [1.82, 2.24) is 4.41 Å². The summed E-state index contributed by atoms with van der Waals surface area (Å²) in [5.74, 6) is 0.0558. The van der Waals surface area contributed by atoms with E-state index >= 15 is 0 Å². The maximum Gasteiger partial charge on any atom is 0.279 e. The molecule has 0 spiro atoms. The molecule has 3 aromatic rings. The van der Waals surface area contributed by atoms with Crippen LogP contribution in [0.25, 0.3) is 0 Å². The zero-order chi connectivity index (χ0) is 18.9. The summed E-state index contributed by atoms with van der Waals surface area (Å²) in [6, 6.07) is 23.9. The van der Waals surface area contributed by atoms with Crippen LogP contribution in [-0.2, 0) is 10.0 Å². The Balaban J connectivity index is 1.83. The minimum atomic E-state index is -3.86. The molecule has 1 aliphatic rings. The highest BCUT2D eigenvalue weighted by Crippen LogP contribution is 2.40. The van der Waals surface area contributed by atoms with E-state index in [-0.39, 0.29) is 10.6 Å². The molecule has 1 N–H and O–H groups in total. The molecule has 1 heterocycles. The summed E-state index contributed by atoms with van der Waals surface area (Å²) >= 11 is 0. The minimum absolute atomic E-state index is 0.0558. The second-order valence-electron chi connectivity index (χ2n) is 6.28. The van der Waals surface area contributed by atoms with Gasteiger partial charge in [-0.3, -0.25) is 0 Å². The lowest BCUT2D eigenvalue weighted by Gasteiger charge is -2.24. The van der Waals surface area contributed by atoms with Crippen molar-refractivity contribution in [1.29, 1.82) is 0 Å². The van der Waals surface area contributed by atoms with Gasteiger partial charge in [-0.25, -0.2) is 0 Å². The SMILES string of the molecule is O=S(=O)(c1ccccc1)N1N=C(c2ccccc2)C[C@H]1c1ccccc1O. The van der Waals surface area contributed by atoms with Crippen LogP contribution in [0.1, 0.15) is 23.6 Å². The zero-order valence-electron chi connectivity index (χ0n) is 14.4. The van der Waals surface area contributed by atoms with Crippen LogP contribution in [0.5, 0.6) is 5.75 Å². The fraction of sp³-hybridized carbons (Fsp3) is 0.0952. The molecular formula is C21H18N2O3S. The average molecular weight is 378 g/mol. The van der Waals surface area contributed by atoms with Crippen LogP contribution < -0.4 is 0 Å². The molecule has 3 aromatic carbocycles. The Morgan fingerprint density at radius 3 is 2.11 bits per heavy atom. The summed E-state index contributed by atoms with van der Waals surface area (Å²) in [6.07, 6.45) is 0.383. The maximum atomic E-state index is 13.2. The normalized spacial score (nSPS) is 17.0. The molecule has 1 aliphatic heterocycles. The Labute approximate surface area is 158 Å². The number of benzene rings is 3. The van der Waals surface area contributed by atoms with Crippen LogP contribution in [-0.4, -0.2) is 23.7 Å². The Bertz CT molecular complexity index is 1080. The molecule has 0 saturated heterocycles. The lowest BCUT2D eigenvalue weighted by Crippen LogP contribution is -2.27. The first-order valence-electron chi connectivity index (χ1n) is 8.57. The third kappa shape index (κ3) is 3.19. The first kappa shape index (κ1) is 17.3. The van der Waals surface area contributed by atoms with Gasteiger partial charge in [0.1, 0.15) is 5.75 Å². The first-order valence-corrected chi connectivity index (χ1v) is 10.0. The Morgan fingerprint density at radius 2 is 1.44 bits per heavy atom. The Morgan fingerprint density at radius 1 is 0.852 bits per heavy atom. The van der Waals surface area contributed by atoms with Crippen LogP contribution in [0.2, 0.25) is 0 Å². The highest BCUT2D eigenvalue weighted by atomic mass is 32.2. The summed E-state index contributed by atoms with van der Waals surface area (Å²) in [5.41, 5.74) is 2.07. The fourth-order valence-electron chi connectivity index (χ4n) is 3.22. The van der Waals surface area contributed by atoms with Gasteiger partial charge < -0.3 is 5.11 Å². The number of sulfonamides is 1. The molecule has 4 rings (SSSR count). The van der Waals surface area contributed by atoms with E-state index in [1.54, 1.807) is 54.6 Å². The summed E-state index contributed by atoms with van der Waals surface area (Å²) in [5, 5.41) is 14.8. The number of rotatable bonds is 4. The quantitative estimate of drug-likeness (QED) is 0.748. The average Bonchev–Trinajstić information content (AvgIpc) is 3.16. The smallest absolute Gasteiger partial charge is 0.279 e. The van der Waals surface area contributed by atoms with Gasteiger partial charge in [-0.05, 0) is 23.8 Å². The van der Waals surface area contributed by atoms with E-state index in [0.29, 0.717) is 17.7 Å². The number of phenolic OH excluding ortho intramolecular Hbond substituents is 1. The molecule has 5 nitrogen and oxygen atoms in total. The minimum Gasteiger partial charge on any atom is -0.508 e. The van der Waals surface area contributed by atoms with Crippen molar-refractivity contribution in [3.63, 3.8) is 0 Å². The molecule has 0 unspecified atom stereocenters.